The van der Waals surface area contributed by atoms with Crippen molar-refractivity contribution in [2.45, 2.75) is 4.90 Å². The Balaban J connectivity index is 3.01. The average molecular weight is 398 g/mol. The maximum Gasteiger partial charge on any atom is 0.294 e. The summed E-state index contributed by atoms with van der Waals surface area (Å²) < 4.78 is 35.3. The third-order valence-electron chi connectivity index (χ3n) is 1.86. The van der Waals surface area contributed by atoms with E-state index in [4.69, 9.17) is 67.3 Å². The van der Waals surface area contributed by atoms with Crippen LogP contribution in [-0.4, -0.2) is 13.0 Å². The molecule has 0 atom stereocenters. The van der Waals surface area contributed by atoms with Gasteiger partial charge in [0.25, 0.3) is 10.1 Å². The zero-order valence-corrected chi connectivity index (χ0v) is 13.9. The van der Waals surface area contributed by atoms with Crippen LogP contribution in [0.2, 0.25) is 0 Å². The topological polar surface area (TPSA) is 63.6 Å². The fourth-order valence-electron chi connectivity index (χ4n) is 0.997. The summed E-state index contributed by atoms with van der Waals surface area (Å²) >= 11 is 28.0. The molecule has 0 aromatic heterocycles. The molecule has 0 aliphatic carbocycles. The third kappa shape index (κ3) is 5.00. The molecule has 0 bridgehead atoms. The largest absolute Gasteiger partial charge is 0.444 e. The Morgan fingerprint density at radius 3 is 1.85 bits per heavy atom. The molecule has 110 valence electrons. The van der Waals surface area contributed by atoms with Crippen molar-refractivity contribution < 1.29 is 17.7 Å². The van der Waals surface area contributed by atoms with Crippen LogP contribution in [-0.2, 0) is 10.1 Å². The number of rotatable bonds is 4. The summed E-state index contributed by atoms with van der Waals surface area (Å²) in [4.78, 5) is -0.294. The summed E-state index contributed by atoms with van der Waals surface area (Å²) in [6.45, 7) is 0. The van der Waals surface area contributed by atoms with E-state index >= 15 is 0 Å². The molecule has 0 radical (unpaired) electrons. The SMILES string of the molecule is O=S(=O)(O)c1ccc(O/C(Cl)=C(\Cl)C(Cl)=C(Cl)Cl)cc1. The number of hydrogen-bond donors (Lipinski definition) is 1. The van der Waals surface area contributed by atoms with Gasteiger partial charge in [0, 0.05) is 0 Å². The van der Waals surface area contributed by atoms with Gasteiger partial charge >= 0.3 is 0 Å². The van der Waals surface area contributed by atoms with Crippen molar-refractivity contribution in [3.63, 3.8) is 0 Å². The van der Waals surface area contributed by atoms with E-state index in [-0.39, 0.29) is 30.4 Å². The van der Waals surface area contributed by atoms with E-state index in [1.807, 2.05) is 0 Å². The van der Waals surface area contributed by atoms with Crippen LogP contribution in [0.5, 0.6) is 5.75 Å². The molecule has 1 aromatic carbocycles. The predicted octanol–water partition coefficient (Wildman–Crippen LogP) is 4.84. The van der Waals surface area contributed by atoms with Gasteiger partial charge in [-0.2, -0.15) is 8.42 Å². The lowest BCUT2D eigenvalue weighted by molar-refractivity contribution is 0.459. The van der Waals surface area contributed by atoms with Crippen molar-refractivity contribution in [2.75, 3.05) is 0 Å². The zero-order chi connectivity index (χ0) is 15.5. The van der Waals surface area contributed by atoms with E-state index in [1.54, 1.807) is 0 Å². The van der Waals surface area contributed by atoms with Gasteiger partial charge in [-0.25, -0.2) is 0 Å². The van der Waals surface area contributed by atoms with Crippen LogP contribution in [0, 0.1) is 0 Å². The monoisotopic (exact) mass is 396 g/mol. The van der Waals surface area contributed by atoms with Crippen molar-refractivity contribution in [3.8, 4) is 5.75 Å². The minimum absolute atomic E-state index is 0.163. The molecule has 0 amide bonds. The lowest BCUT2D eigenvalue weighted by atomic mass is 10.3. The van der Waals surface area contributed by atoms with Gasteiger partial charge < -0.3 is 4.74 Å². The summed E-state index contributed by atoms with van der Waals surface area (Å²) in [5, 5.41) is -0.725. The summed E-state index contributed by atoms with van der Waals surface area (Å²) in [5.74, 6) is 0.163. The van der Waals surface area contributed by atoms with E-state index in [1.165, 1.54) is 12.1 Å². The lowest BCUT2D eigenvalue weighted by Gasteiger charge is -2.06. The normalized spacial score (nSPS) is 12.7. The molecule has 4 nitrogen and oxygen atoms in total. The molecule has 0 aliphatic heterocycles. The Morgan fingerprint density at radius 2 is 1.45 bits per heavy atom. The zero-order valence-electron chi connectivity index (χ0n) is 9.28. The molecule has 0 saturated carbocycles. The van der Waals surface area contributed by atoms with Crippen LogP contribution in [0.4, 0.5) is 0 Å². The van der Waals surface area contributed by atoms with E-state index < -0.39 is 10.1 Å². The van der Waals surface area contributed by atoms with Gasteiger partial charge in [0.15, 0.2) is 0 Å². The molecule has 0 aliphatic rings. The summed E-state index contributed by atoms with van der Waals surface area (Å²) in [6.07, 6.45) is 0. The Labute approximate surface area is 140 Å². The number of halogens is 5. The molecule has 0 fully saturated rings. The molecule has 10 heteroatoms. The van der Waals surface area contributed by atoms with Crippen LogP contribution in [0.15, 0.2) is 48.9 Å². The second-order valence-corrected chi connectivity index (χ2v) is 6.68. The van der Waals surface area contributed by atoms with Crippen molar-refractivity contribution in [3.05, 3.63) is 44.0 Å². The molecule has 1 rings (SSSR count). The first-order chi connectivity index (χ1) is 9.12. The first-order valence-electron chi connectivity index (χ1n) is 4.64. The van der Waals surface area contributed by atoms with E-state index in [0.717, 1.165) is 12.1 Å². The van der Waals surface area contributed by atoms with E-state index in [9.17, 15) is 8.42 Å². The van der Waals surface area contributed by atoms with Crippen LogP contribution in [0.1, 0.15) is 0 Å². The average Bonchev–Trinajstić information content (AvgIpc) is 2.36. The number of benzene rings is 1. The third-order valence-corrected chi connectivity index (χ3v) is 4.50. The second-order valence-electron chi connectivity index (χ2n) is 3.21. The molecule has 20 heavy (non-hydrogen) atoms. The van der Waals surface area contributed by atoms with Gasteiger partial charge in [-0.1, -0.05) is 46.4 Å². The minimum atomic E-state index is -4.28. The highest BCUT2D eigenvalue weighted by Gasteiger charge is 2.13. The van der Waals surface area contributed by atoms with Crippen molar-refractivity contribution in [1.82, 2.24) is 0 Å². The first-order valence-corrected chi connectivity index (χ1v) is 7.97. The van der Waals surface area contributed by atoms with Crippen LogP contribution in [0.25, 0.3) is 0 Å². The molecule has 0 spiro atoms. The highest BCUT2D eigenvalue weighted by Crippen LogP contribution is 2.32. The van der Waals surface area contributed by atoms with E-state index in [0.29, 0.717) is 0 Å². The van der Waals surface area contributed by atoms with Crippen LogP contribution in [0.3, 0.4) is 0 Å². The second kappa shape index (κ2) is 7.22. The fourth-order valence-corrected chi connectivity index (χ4v) is 2.21. The Morgan fingerprint density at radius 1 is 0.950 bits per heavy atom. The van der Waals surface area contributed by atoms with Gasteiger partial charge in [0.05, 0.1) is 9.93 Å². The van der Waals surface area contributed by atoms with Gasteiger partial charge in [-0.3, -0.25) is 4.55 Å². The maximum absolute atomic E-state index is 10.8. The smallest absolute Gasteiger partial charge is 0.294 e. The maximum atomic E-state index is 10.8. The molecular formula is C10H5Cl5O4S. The molecule has 1 N–H and O–H groups in total. The van der Waals surface area contributed by atoms with Crippen molar-refractivity contribution in [2.24, 2.45) is 0 Å². The summed E-state index contributed by atoms with van der Waals surface area (Å²) in [7, 11) is -4.28. The van der Waals surface area contributed by atoms with Gasteiger partial charge in [0.2, 0.25) is 5.22 Å². The standard InChI is InChI=1S/C10H5Cl5O4S/c11-7(9(13)14)8(12)10(15)19-5-1-3-6(4-2-5)20(16,17)18/h1-4H,(H,16,17,18)/b10-8-. The molecule has 1 aromatic rings. The highest BCUT2D eigenvalue weighted by molar-refractivity contribution is 7.85. The van der Waals surface area contributed by atoms with E-state index in [2.05, 4.69) is 0 Å². The first kappa shape index (κ1) is 17.9. The fraction of sp³-hybridized carbons (Fsp3) is 0. The van der Waals surface area contributed by atoms with Crippen molar-refractivity contribution >= 4 is 68.1 Å². The summed E-state index contributed by atoms with van der Waals surface area (Å²) in [6, 6.07) is 4.76. The number of ether oxygens (including phenoxy) is 1. The van der Waals surface area contributed by atoms with Crippen molar-refractivity contribution in [1.29, 1.82) is 0 Å². The highest BCUT2D eigenvalue weighted by atomic mass is 35.5. The Bertz CT molecular complexity index is 659. The quantitative estimate of drug-likeness (QED) is 0.448. The summed E-state index contributed by atoms with van der Waals surface area (Å²) in [5.41, 5.74) is 0. The minimum Gasteiger partial charge on any atom is -0.444 e. The molecule has 0 heterocycles. The predicted molar refractivity (Wildman–Crippen MR) is 80.2 cm³/mol. The van der Waals surface area contributed by atoms with Crippen LogP contribution >= 0.6 is 58.0 Å². The Kier molecular flexibility index (Phi) is 6.47. The molecular weight excluding hydrogens is 393 g/mol. The van der Waals surface area contributed by atoms with Gasteiger partial charge in [0.1, 0.15) is 15.3 Å². The lowest BCUT2D eigenvalue weighted by Crippen LogP contribution is -1.98. The van der Waals surface area contributed by atoms with Gasteiger partial charge in [-0.05, 0) is 35.9 Å². The van der Waals surface area contributed by atoms with Gasteiger partial charge in [-0.15, -0.1) is 0 Å². The Hall–Kier alpha value is -0.140. The van der Waals surface area contributed by atoms with Crippen LogP contribution < -0.4 is 4.74 Å². The molecule has 0 saturated heterocycles. The molecule has 0 unspecified atom stereocenters. The number of allylic oxidation sites excluding steroid dienone is 2. The number of hydrogen-bond acceptors (Lipinski definition) is 3.